The van der Waals surface area contributed by atoms with Gasteiger partial charge in [0.15, 0.2) is 0 Å². The van der Waals surface area contributed by atoms with E-state index in [9.17, 15) is 9.59 Å². The molecule has 1 aromatic rings. The summed E-state index contributed by atoms with van der Waals surface area (Å²) in [6.45, 7) is 5.25. The normalized spacial score (nSPS) is 10.5. The van der Waals surface area contributed by atoms with Gasteiger partial charge in [-0.15, -0.1) is 0 Å². The number of hydrogen-bond acceptors (Lipinski definition) is 4. The first-order valence-electron chi connectivity index (χ1n) is 7.92. The highest BCUT2D eigenvalue weighted by atomic mass is 35.5. The summed E-state index contributed by atoms with van der Waals surface area (Å²) >= 11 is 5.83. The van der Waals surface area contributed by atoms with E-state index in [0.717, 1.165) is 0 Å². The molecule has 0 fully saturated rings. The molecule has 0 aliphatic carbocycles. The number of urea groups is 1. The summed E-state index contributed by atoms with van der Waals surface area (Å²) in [6, 6.07) is 6.57. The molecule has 0 aliphatic rings. The largest absolute Gasteiger partial charge is 0.469 e. The Morgan fingerprint density at radius 3 is 2.46 bits per heavy atom. The maximum atomic E-state index is 12.4. The van der Waals surface area contributed by atoms with E-state index in [0.29, 0.717) is 30.3 Å². The second-order valence-corrected chi connectivity index (χ2v) is 5.96. The van der Waals surface area contributed by atoms with Crippen molar-refractivity contribution >= 4 is 29.3 Å². The number of anilines is 1. The predicted molar refractivity (Wildman–Crippen MR) is 94.4 cm³/mol. The number of ether oxygens (including phenoxy) is 2. The van der Waals surface area contributed by atoms with Gasteiger partial charge in [0.1, 0.15) is 0 Å². The van der Waals surface area contributed by atoms with E-state index in [4.69, 9.17) is 16.3 Å². The number of carbonyl (C=O) groups is 2. The van der Waals surface area contributed by atoms with Crippen molar-refractivity contribution in [1.82, 2.24) is 4.90 Å². The van der Waals surface area contributed by atoms with Crippen LogP contribution in [0.1, 0.15) is 26.7 Å². The molecule has 0 bridgehead atoms. The summed E-state index contributed by atoms with van der Waals surface area (Å²) < 4.78 is 10.1. The van der Waals surface area contributed by atoms with Crippen LogP contribution in [-0.2, 0) is 14.3 Å². The zero-order valence-electron chi connectivity index (χ0n) is 14.4. The number of rotatable bonds is 9. The van der Waals surface area contributed by atoms with Gasteiger partial charge in [0.05, 0.1) is 19.6 Å². The van der Waals surface area contributed by atoms with E-state index in [1.165, 1.54) is 7.11 Å². The number of amides is 2. The first kappa shape index (κ1) is 20.3. The average Bonchev–Trinajstić information content (AvgIpc) is 2.55. The lowest BCUT2D eigenvalue weighted by Gasteiger charge is -2.23. The van der Waals surface area contributed by atoms with Gasteiger partial charge in [0.2, 0.25) is 0 Å². The smallest absolute Gasteiger partial charge is 0.321 e. The Morgan fingerprint density at radius 2 is 1.88 bits per heavy atom. The molecule has 0 spiro atoms. The summed E-state index contributed by atoms with van der Waals surface area (Å²) in [5, 5.41) is 3.39. The fourth-order valence-electron chi connectivity index (χ4n) is 1.95. The fourth-order valence-corrected chi connectivity index (χ4v) is 2.08. The molecule has 0 unspecified atom stereocenters. The van der Waals surface area contributed by atoms with Crippen molar-refractivity contribution in [2.75, 3.05) is 32.1 Å². The third kappa shape index (κ3) is 8.17. The molecule has 2 amide bonds. The molecule has 0 heterocycles. The summed E-state index contributed by atoms with van der Waals surface area (Å²) in [4.78, 5) is 25.3. The van der Waals surface area contributed by atoms with Crippen molar-refractivity contribution in [2.24, 2.45) is 0 Å². The minimum absolute atomic E-state index is 0.148. The van der Waals surface area contributed by atoms with Crippen LogP contribution >= 0.6 is 11.6 Å². The zero-order chi connectivity index (χ0) is 17.9. The highest BCUT2D eigenvalue weighted by molar-refractivity contribution is 6.30. The first-order chi connectivity index (χ1) is 11.4. The Balaban J connectivity index is 2.58. The van der Waals surface area contributed by atoms with Crippen LogP contribution in [0.4, 0.5) is 10.5 Å². The Kier molecular flexibility index (Phi) is 9.19. The number of benzene rings is 1. The van der Waals surface area contributed by atoms with Gasteiger partial charge in [0.25, 0.3) is 0 Å². The quantitative estimate of drug-likeness (QED) is 0.542. The summed E-state index contributed by atoms with van der Waals surface area (Å²) in [5.41, 5.74) is 0.644. The van der Waals surface area contributed by atoms with Crippen molar-refractivity contribution in [3.63, 3.8) is 0 Å². The van der Waals surface area contributed by atoms with Gasteiger partial charge >= 0.3 is 12.0 Å². The van der Waals surface area contributed by atoms with E-state index < -0.39 is 0 Å². The lowest BCUT2D eigenvalue weighted by atomic mass is 10.3. The van der Waals surface area contributed by atoms with Crippen LogP contribution in [0.15, 0.2) is 24.3 Å². The third-order valence-electron chi connectivity index (χ3n) is 3.22. The van der Waals surface area contributed by atoms with Crippen LogP contribution in [0.3, 0.4) is 0 Å². The van der Waals surface area contributed by atoms with Gasteiger partial charge < -0.3 is 19.7 Å². The first-order valence-corrected chi connectivity index (χ1v) is 8.30. The monoisotopic (exact) mass is 356 g/mol. The SMILES string of the molecule is COC(=O)CCN(CCCOC(C)C)C(=O)Nc1ccc(Cl)cc1. The molecule has 1 N–H and O–H groups in total. The molecule has 1 aromatic carbocycles. The number of hydrogen-bond donors (Lipinski definition) is 1. The second kappa shape index (κ2) is 10.9. The van der Waals surface area contributed by atoms with Crippen LogP contribution in [0.5, 0.6) is 0 Å². The maximum absolute atomic E-state index is 12.4. The third-order valence-corrected chi connectivity index (χ3v) is 3.47. The minimum atomic E-state index is -0.349. The van der Waals surface area contributed by atoms with Crippen molar-refractivity contribution in [1.29, 1.82) is 0 Å². The maximum Gasteiger partial charge on any atom is 0.321 e. The molecule has 0 atom stereocenters. The number of methoxy groups -OCH3 is 1. The zero-order valence-corrected chi connectivity index (χ0v) is 15.1. The molecular weight excluding hydrogens is 332 g/mol. The van der Waals surface area contributed by atoms with Crippen LogP contribution < -0.4 is 5.32 Å². The highest BCUT2D eigenvalue weighted by Crippen LogP contribution is 2.14. The van der Waals surface area contributed by atoms with Crippen LogP contribution in [0.25, 0.3) is 0 Å². The Hall–Kier alpha value is -1.79. The van der Waals surface area contributed by atoms with Crippen molar-refractivity contribution in [2.45, 2.75) is 32.8 Å². The van der Waals surface area contributed by atoms with Crippen LogP contribution in [0.2, 0.25) is 5.02 Å². The summed E-state index contributed by atoms with van der Waals surface area (Å²) in [5.74, 6) is -0.349. The van der Waals surface area contributed by atoms with Gasteiger partial charge in [-0.05, 0) is 44.5 Å². The molecule has 0 aromatic heterocycles. The average molecular weight is 357 g/mol. The van der Waals surface area contributed by atoms with E-state index >= 15 is 0 Å². The molecule has 0 radical (unpaired) electrons. The van der Waals surface area contributed by atoms with E-state index in [1.54, 1.807) is 29.2 Å². The molecular formula is C17H25ClN2O4. The Morgan fingerprint density at radius 1 is 1.21 bits per heavy atom. The number of carbonyl (C=O) groups excluding carboxylic acids is 2. The molecule has 0 saturated carbocycles. The van der Waals surface area contributed by atoms with Gasteiger partial charge in [0, 0.05) is 30.4 Å². The molecule has 0 saturated heterocycles. The van der Waals surface area contributed by atoms with E-state index in [1.807, 2.05) is 13.8 Å². The highest BCUT2D eigenvalue weighted by Gasteiger charge is 2.15. The van der Waals surface area contributed by atoms with Crippen LogP contribution in [-0.4, -0.2) is 49.8 Å². The predicted octanol–water partition coefficient (Wildman–Crippen LogP) is 3.55. The van der Waals surface area contributed by atoms with Gasteiger partial charge in [-0.1, -0.05) is 11.6 Å². The van der Waals surface area contributed by atoms with Gasteiger partial charge in [-0.3, -0.25) is 4.79 Å². The minimum Gasteiger partial charge on any atom is -0.469 e. The molecule has 1 rings (SSSR count). The Bertz CT molecular complexity index is 520. The van der Waals surface area contributed by atoms with E-state index in [2.05, 4.69) is 10.1 Å². The van der Waals surface area contributed by atoms with Crippen LogP contribution in [0, 0.1) is 0 Å². The van der Waals surface area contributed by atoms with Crippen molar-refractivity contribution < 1.29 is 19.1 Å². The number of nitrogens with zero attached hydrogens (tertiary/aromatic N) is 1. The fraction of sp³-hybridized carbons (Fsp3) is 0.529. The molecule has 7 heteroatoms. The molecule has 6 nitrogen and oxygen atoms in total. The Labute approximate surface area is 148 Å². The standard InChI is InChI=1S/C17H25ClN2O4/c1-13(2)24-12-4-10-20(11-9-16(21)23-3)17(22)19-15-7-5-14(18)6-8-15/h5-8,13H,4,9-12H2,1-3H3,(H,19,22). The lowest BCUT2D eigenvalue weighted by Crippen LogP contribution is -2.37. The number of nitrogens with one attached hydrogen (secondary N) is 1. The molecule has 0 aliphatic heterocycles. The number of esters is 1. The van der Waals surface area contributed by atoms with Gasteiger partial charge in [-0.2, -0.15) is 0 Å². The van der Waals surface area contributed by atoms with Crippen molar-refractivity contribution in [3.05, 3.63) is 29.3 Å². The second-order valence-electron chi connectivity index (χ2n) is 5.52. The lowest BCUT2D eigenvalue weighted by molar-refractivity contribution is -0.140. The van der Waals surface area contributed by atoms with Gasteiger partial charge in [-0.25, -0.2) is 4.79 Å². The summed E-state index contributed by atoms with van der Waals surface area (Å²) in [6.07, 6.45) is 0.986. The number of halogens is 1. The molecule has 134 valence electrons. The summed E-state index contributed by atoms with van der Waals surface area (Å²) in [7, 11) is 1.33. The molecule has 24 heavy (non-hydrogen) atoms. The van der Waals surface area contributed by atoms with Crippen molar-refractivity contribution in [3.8, 4) is 0 Å². The van der Waals surface area contributed by atoms with E-state index in [-0.39, 0.29) is 31.1 Å². The topological polar surface area (TPSA) is 67.9 Å².